The zero-order valence-electron chi connectivity index (χ0n) is 9.73. The van der Waals surface area contributed by atoms with Crippen LogP contribution in [0, 0.1) is 0 Å². The van der Waals surface area contributed by atoms with Crippen LogP contribution in [0.4, 0.5) is 0 Å². The fourth-order valence-electron chi connectivity index (χ4n) is 2.32. The van der Waals surface area contributed by atoms with Crippen molar-refractivity contribution in [3.05, 3.63) is 48.6 Å². The highest BCUT2D eigenvalue weighted by Gasteiger charge is 2.20. The average Bonchev–Trinajstić information content (AvgIpc) is 2.38. The lowest BCUT2D eigenvalue weighted by Gasteiger charge is -2.34. The molecule has 86 valence electrons. The predicted octanol–water partition coefficient (Wildman–Crippen LogP) is 2.21. The summed E-state index contributed by atoms with van der Waals surface area (Å²) in [5, 5.41) is 3.40. The van der Waals surface area contributed by atoms with E-state index in [0.29, 0.717) is 6.04 Å². The van der Waals surface area contributed by atoms with E-state index in [-0.39, 0.29) is 0 Å². The number of piperazine rings is 1. The van der Waals surface area contributed by atoms with Crippen molar-refractivity contribution < 1.29 is 0 Å². The summed E-state index contributed by atoms with van der Waals surface area (Å²) in [6.07, 6.45) is 3.06. The van der Waals surface area contributed by atoms with Crippen molar-refractivity contribution in [1.29, 1.82) is 0 Å². The van der Waals surface area contributed by atoms with Crippen LogP contribution in [0.3, 0.4) is 0 Å². The number of nitrogens with one attached hydrogen (secondary N) is 1. The SMILES string of the molecule is C=CC[C@H](c1ccccc1)N1CCNCC1. The molecule has 1 aromatic carbocycles. The quantitative estimate of drug-likeness (QED) is 0.776. The third-order valence-corrected chi connectivity index (χ3v) is 3.17. The molecule has 0 bridgehead atoms. The highest BCUT2D eigenvalue weighted by Crippen LogP contribution is 2.24. The van der Waals surface area contributed by atoms with E-state index < -0.39 is 0 Å². The molecule has 1 aliphatic heterocycles. The third-order valence-electron chi connectivity index (χ3n) is 3.17. The minimum absolute atomic E-state index is 0.501. The summed E-state index contributed by atoms with van der Waals surface area (Å²) >= 11 is 0. The number of benzene rings is 1. The van der Waals surface area contributed by atoms with Crippen molar-refractivity contribution in [3.8, 4) is 0 Å². The minimum atomic E-state index is 0.501. The first-order valence-corrected chi connectivity index (χ1v) is 6.02. The predicted molar refractivity (Wildman–Crippen MR) is 68.4 cm³/mol. The Morgan fingerprint density at radius 3 is 2.56 bits per heavy atom. The summed E-state index contributed by atoms with van der Waals surface area (Å²) in [6, 6.07) is 11.3. The zero-order chi connectivity index (χ0) is 11.2. The third kappa shape index (κ3) is 2.71. The molecular weight excluding hydrogens is 196 g/mol. The number of hydrogen-bond donors (Lipinski definition) is 1. The van der Waals surface area contributed by atoms with E-state index >= 15 is 0 Å². The first-order valence-electron chi connectivity index (χ1n) is 6.02. The first kappa shape index (κ1) is 11.4. The van der Waals surface area contributed by atoms with E-state index in [1.165, 1.54) is 5.56 Å². The van der Waals surface area contributed by atoms with Crippen molar-refractivity contribution in [2.75, 3.05) is 26.2 Å². The lowest BCUT2D eigenvalue weighted by Crippen LogP contribution is -2.45. The van der Waals surface area contributed by atoms with E-state index in [2.05, 4.69) is 47.1 Å². The average molecular weight is 216 g/mol. The maximum atomic E-state index is 3.88. The molecule has 2 nitrogen and oxygen atoms in total. The summed E-state index contributed by atoms with van der Waals surface area (Å²) in [7, 11) is 0. The highest BCUT2D eigenvalue weighted by molar-refractivity contribution is 5.20. The second kappa shape index (κ2) is 5.83. The molecule has 0 aliphatic carbocycles. The van der Waals surface area contributed by atoms with Crippen molar-refractivity contribution in [2.24, 2.45) is 0 Å². The molecule has 0 unspecified atom stereocenters. The van der Waals surface area contributed by atoms with Gasteiger partial charge in [-0.05, 0) is 12.0 Å². The summed E-state index contributed by atoms with van der Waals surface area (Å²) in [6.45, 7) is 8.34. The van der Waals surface area contributed by atoms with Gasteiger partial charge in [0.2, 0.25) is 0 Å². The summed E-state index contributed by atoms with van der Waals surface area (Å²) in [5.74, 6) is 0. The molecule has 1 saturated heterocycles. The van der Waals surface area contributed by atoms with Gasteiger partial charge in [0, 0.05) is 32.2 Å². The Labute approximate surface area is 98.0 Å². The van der Waals surface area contributed by atoms with Gasteiger partial charge in [-0.25, -0.2) is 0 Å². The van der Waals surface area contributed by atoms with Crippen LogP contribution in [0.15, 0.2) is 43.0 Å². The van der Waals surface area contributed by atoms with E-state index in [1.54, 1.807) is 0 Å². The minimum Gasteiger partial charge on any atom is -0.314 e. The summed E-state index contributed by atoms with van der Waals surface area (Å²) in [5.41, 5.74) is 1.41. The van der Waals surface area contributed by atoms with E-state index in [9.17, 15) is 0 Å². The zero-order valence-corrected chi connectivity index (χ0v) is 9.73. The lowest BCUT2D eigenvalue weighted by atomic mass is 10.0. The van der Waals surface area contributed by atoms with Crippen LogP contribution in [0.25, 0.3) is 0 Å². The van der Waals surface area contributed by atoms with Gasteiger partial charge in [-0.2, -0.15) is 0 Å². The van der Waals surface area contributed by atoms with Gasteiger partial charge < -0.3 is 5.32 Å². The standard InChI is InChI=1S/C14H20N2/c1-2-6-14(13-7-4-3-5-8-13)16-11-9-15-10-12-16/h2-5,7-8,14-15H,1,6,9-12H2/t14-/m1/s1. The van der Waals surface area contributed by atoms with Crippen LogP contribution in [-0.2, 0) is 0 Å². The molecule has 1 fully saturated rings. The van der Waals surface area contributed by atoms with Crippen LogP contribution in [0.2, 0.25) is 0 Å². The first-order chi connectivity index (χ1) is 7.92. The molecule has 16 heavy (non-hydrogen) atoms. The van der Waals surface area contributed by atoms with Crippen LogP contribution in [0.5, 0.6) is 0 Å². The van der Waals surface area contributed by atoms with Crippen LogP contribution < -0.4 is 5.32 Å². The monoisotopic (exact) mass is 216 g/mol. The fraction of sp³-hybridized carbons (Fsp3) is 0.429. The molecule has 0 spiro atoms. The Kier molecular flexibility index (Phi) is 4.14. The van der Waals surface area contributed by atoms with Crippen molar-refractivity contribution in [1.82, 2.24) is 10.2 Å². The summed E-state index contributed by atoms with van der Waals surface area (Å²) in [4.78, 5) is 2.55. The molecule has 2 rings (SSSR count). The Hall–Kier alpha value is -1.12. The largest absolute Gasteiger partial charge is 0.314 e. The molecule has 0 amide bonds. The van der Waals surface area contributed by atoms with Gasteiger partial charge in [0.15, 0.2) is 0 Å². The van der Waals surface area contributed by atoms with Gasteiger partial charge in [0.05, 0.1) is 0 Å². The van der Waals surface area contributed by atoms with E-state index in [4.69, 9.17) is 0 Å². The highest BCUT2D eigenvalue weighted by atomic mass is 15.2. The second-order valence-corrected chi connectivity index (χ2v) is 4.24. The Balaban J connectivity index is 2.12. The van der Waals surface area contributed by atoms with Crippen LogP contribution >= 0.6 is 0 Å². The topological polar surface area (TPSA) is 15.3 Å². The second-order valence-electron chi connectivity index (χ2n) is 4.24. The fourth-order valence-corrected chi connectivity index (χ4v) is 2.32. The number of rotatable bonds is 4. The Bertz CT molecular complexity index is 315. The Morgan fingerprint density at radius 1 is 1.25 bits per heavy atom. The molecule has 1 heterocycles. The van der Waals surface area contributed by atoms with Gasteiger partial charge >= 0.3 is 0 Å². The molecule has 2 heteroatoms. The molecule has 0 saturated carbocycles. The lowest BCUT2D eigenvalue weighted by molar-refractivity contribution is 0.174. The van der Waals surface area contributed by atoms with E-state index in [1.807, 2.05) is 6.08 Å². The van der Waals surface area contributed by atoms with Crippen molar-refractivity contribution >= 4 is 0 Å². The van der Waals surface area contributed by atoms with Crippen molar-refractivity contribution in [2.45, 2.75) is 12.5 Å². The number of nitrogens with zero attached hydrogens (tertiary/aromatic N) is 1. The molecule has 1 aromatic rings. The van der Waals surface area contributed by atoms with Crippen molar-refractivity contribution in [3.63, 3.8) is 0 Å². The maximum absolute atomic E-state index is 3.88. The van der Waals surface area contributed by atoms with Gasteiger partial charge in [0.1, 0.15) is 0 Å². The van der Waals surface area contributed by atoms with E-state index in [0.717, 1.165) is 32.6 Å². The summed E-state index contributed by atoms with van der Waals surface area (Å²) < 4.78 is 0. The van der Waals surface area contributed by atoms with Gasteiger partial charge in [-0.3, -0.25) is 4.90 Å². The smallest absolute Gasteiger partial charge is 0.0383 e. The maximum Gasteiger partial charge on any atom is 0.0383 e. The van der Waals surface area contributed by atoms with Crippen LogP contribution in [-0.4, -0.2) is 31.1 Å². The van der Waals surface area contributed by atoms with Gasteiger partial charge in [0.25, 0.3) is 0 Å². The molecule has 1 N–H and O–H groups in total. The van der Waals surface area contributed by atoms with Crippen LogP contribution in [0.1, 0.15) is 18.0 Å². The molecular formula is C14H20N2. The normalized spacial score (nSPS) is 19.2. The number of hydrogen-bond acceptors (Lipinski definition) is 2. The molecule has 1 atom stereocenters. The van der Waals surface area contributed by atoms with Gasteiger partial charge in [-0.15, -0.1) is 6.58 Å². The Morgan fingerprint density at radius 2 is 1.94 bits per heavy atom. The molecule has 1 aliphatic rings. The molecule has 0 aromatic heterocycles. The molecule has 0 radical (unpaired) electrons. The van der Waals surface area contributed by atoms with Gasteiger partial charge in [-0.1, -0.05) is 36.4 Å².